The summed E-state index contributed by atoms with van der Waals surface area (Å²) < 4.78 is 34.6. The highest BCUT2D eigenvalue weighted by Crippen LogP contribution is 2.23. The summed E-state index contributed by atoms with van der Waals surface area (Å²) in [6, 6.07) is 17.2. The third kappa shape index (κ3) is 5.43. The Hall–Kier alpha value is -3.72. The summed E-state index contributed by atoms with van der Waals surface area (Å²) in [5, 5.41) is 3.15. The minimum absolute atomic E-state index is 0.0575. The molecule has 0 aliphatic heterocycles. The third-order valence-corrected chi connectivity index (χ3v) is 5.85. The second kappa shape index (κ2) is 10.5. The quantitative estimate of drug-likeness (QED) is 0.231. The van der Waals surface area contributed by atoms with E-state index in [0.29, 0.717) is 23.9 Å². The first-order chi connectivity index (χ1) is 16.4. The molecule has 0 aliphatic rings. The average Bonchev–Trinajstić information content (AvgIpc) is 2.81. The SMILES string of the molecule is Cc1cccc(OCCNC(=O)CSc2nc3ccccc3c(=O)n2-c2ccc(F)cc2F)c1. The summed E-state index contributed by atoms with van der Waals surface area (Å²) in [4.78, 5) is 29.9. The van der Waals surface area contributed by atoms with Crippen molar-refractivity contribution >= 4 is 28.6 Å². The van der Waals surface area contributed by atoms with E-state index in [1.165, 1.54) is 6.07 Å². The Morgan fingerprint density at radius 1 is 1.09 bits per heavy atom. The van der Waals surface area contributed by atoms with E-state index in [-0.39, 0.29) is 34.4 Å². The predicted molar refractivity (Wildman–Crippen MR) is 128 cm³/mol. The molecule has 0 atom stereocenters. The van der Waals surface area contributed by atoms with Crippen molar-refractivity contribution in [3.05, 3.63) is 94.3 Å². The molecule has 174 valence electrons. The molecule has 34 heavy (non-hydrogen) atoms. The van der Waals surface area contributed by atoms with Crippen LogP contribution in [0.1, 0.15) is 5.56 Å². The van der Waals surface area contributed by atoms with Crippen molar-refractivity contribution in [1.29, 1.82) is 0 Å². The van der Waals surface area contributed by atoms with Crippen LogP contribution in [0, 0.1) is 18.6 Å². The van der Waals surface area contributed by atoms with E-state index in [1.54, 1.807) is 24.3 Å². The fourth-order valence-corrected chi connectivity index (χ4v) is 4.17. The second-order valence-electron chi connectivity index (χ2n) is 7.45. The summed E-state index contributed by atoms with van der Waals surface area (Å²) in [5.41, 5.74) is 0.842. The molecule has 0 bridgehead atoms. The number of hydrogen-bond donors (Lipinski definition) is 1. The van der Waals surface area contributed by atoms with Crippen molar-refractivity contribution in [2.75, 3.05) is 18.9 Å². The van der Waals surface area contributed by atoms with Crippen LogP contribution in [-0.2, 0) is 4.79 Å². The number of amides is 1. The van der Waals surface area contributed by atoms with Crippen molar-refractivity contribution in [2.24, 2.45) is 0 Å². The van der Waals surface area contributed by atoms with Crippen LogP contribution in [0.3, 0.4) is 0 Å². The van der Waals surface area contributed by atoms with Crippen molar-refractivity contribution in [3.63, 3.8) is 0 Å². The van der Waals surface area contributed by atoms with E-state index in [9.17, 15) is 18.4 Å². The van der Waals surface area contributed by atoms with Crippen LogP contribution >= 0.6 is 11.8 Å². The highest BCUT2D eigenvalue weighted by Gasteiger charge is 2.17. The lowest BCUT2D eigenvalue weighted by atomic mass is 10.2. The number of hydrogen-bond acceptors (Lipinski definition) is 5. The van der Waals surface area contributed by atoms with Crippen LogP contribution in [0.4, 0.5) is 8.78 Å². The molecule has 9 heteroatoms. The molecular weight excluding hydrogens is 460 g/mol. The topological polar surface area (TPSA) is 73.2 Å². The predicted octanol–water partition coefficient (Wildman–Crippen LogP) is 4.26. The van der Waals surface area contributed by atoms with Crippen LogP contribution in [0.15, 0.2) is 76.7 Å². The van der Waals surface area contributed by atoms with Crippen LogP contribution in [0.5, 0.6) is 5.75 Å². The third-order valence-electron chi connectivity index (χ3n) is 4.91. The van der Waals surface area contributed by atoms with Crippen LogP contribution in [0.25, 0.3) is 16.6 Å². The zero-order chi connectivity index (χ0) is 24.1. The van der Waals surface area contributed by atoms with Gasteiger partial charge in [0.25, 0.3) is 5.56 Å². The molecule has 1 aromatic heterocycles. The summed E-state index contributed by atoms with van der Waals surface area (Å²) in [7, 11) is 0. The lowest BCUT2D eigenvalue weighted by molar-refractivity contribution is -0.118. The van der Waals surface area contributed by atoms with Gasteiger partial charge in [0.15, 0.2) is 5.16 Å². The number of rotatable bonds is 8. The van der Waals surface area contributed by atoms with Crippen LogP contribution in [0.2, 0.25) is 0 Å². The molecule has 0 aliphatic carbocycles. The van der Waals surface area contributed by atoms with E-state index in [4.69, 9.17) is 4.74 Å². The number of carbonyl (C=O) groups is 1. The molecule has 1 heterocycles. The highest BCUT2D eigenvalue weighted by atomic mass is 32.2. The summed E-state index contributed by atoms with van der Waals surface area (Å²) >= 11 is 0.987. The Kier molecular flexibility index (Phi) is 7.22. The number of para-hydroxylation sites is 1. The van der Waals surface area contributed by atoms with Gasteiger partial charge < -0.3 is 10.1 Å². The van der Waals surface area contributed by atoms with Crippen molar-refractivity contribution in [2.45, 2.75) is 12.1 Å². The molecule has 0 saturated heterocycles. The normalized spacial score (nSPS) is 10.9. The largest absolute Gasteiger partial charge is 0.492 e. The zero-order valence-electron chi connectivity index (χ0n) is 18.3. The molecule has 3 aromatic carbocycles. The number of nitrogens with one attached hydrogen (secondary N) is 1. The number of benzene rings is 3. The molecule has 0 saturated carbocycles. The minimum atomic E-state index is -0.904. The van der Waals surface area contributed by atoms with E-state index in [2.05, 4.69) is 10.3 Å². The van der Waals surface area contributed by atoms with Crippen molar-refractivity contribution < 1.29 is 18.3 Å². The maximum atomic E-state index is 14.5. The summed E-state index contributed by atoms with van der Waals surface area (Å²) in [6.07, 6.45) is 0. The standard InChI is InChI=1S/C25H21F2N3O3S/c1-16-5-4-6-18(13-16)33-12-11-28-23(31)15-34-25-29-21-8-3-2-7-19(21)24(32)30(25)22-10-9-17(26)14-20(22)27/h2-10,13-14H,11-12,15H2,1H3,(H,28,31). The Morgan fingerprint density at radius 3 is 2.71 bits per heavy atom. The lowest BCUT2D eigenvalue weighted by Gasteiger charge is -2.14. The minimum Gasteiger partial charge on any atom is -0.492 e. The van der Waals surface area contributed by atoms with Gasteiger partial charge in [0.1, 0.15) is 24.0 Å². The fourth-order valence-electron chi connectivity index (χ4n) is 3.33. The first-order valence-electron chi connectivity index (χ1n) is 10.5. The van der Waals surface area contributed by atoms with Crippen molar-refractivity contribution in [3.8, 4) is 11.4 Å². The fraction of sp³-hybridized carbons (Fsp3) is 0.160. The van der Waals surface area contributed by atoms with Gasteiger partial charge in [0, 0.05) is 6.07 Å². The molecule has 0 spiro atoms. The number of carbonyl (C=O) groups excluding carboxylic acids is 1. The smallest absolute Gasteiger partial charge is 0.266 e. The Balaban J connectivity index is 1.48. The maximum absolute atomic E-state index is 14.5. The molecule has 6 nitrogen and oxygen atoms in total. The average molecular weight is 482 g/mol. The lowest BCUT2D eigenvalue weighted by Crippen LogP contribution is -2.30. The second-order valence-corrected chi connectivity index (χ2v) is 8.39. The number of ether oxygens (including phenoxy) is 1. The number of halogens is 2. The zero-order valence-corrected chi connectivity index (χ0v) is 19.1. The highest BCUT2D eigenvalue weighted by molar-refractivity contribution is 7.99. The monoisotopic (exact) mass is 481 g/mol. The van der Waals surface area contributed by atoms with Gasteiger partial charge in [-0.3, -0.25) is 14.2 Å². The molecule has 1 amide bonds. The number of aromatic nitrogens is 2. The first-order valence-corrected chi connectivity index (χ1v) is 11.5. The molecule has 0 radical (unpaired) electrons. The van der Waals surface area contributed by atoms with E-state index in [1.807, 2.05) is 31.2 Å². The summed E-state index contributed by atoms with van der Waals surface area (Å²) in [6.45, 7) is 2.54. The van der Waals surface area contributed by atoms with Gasteiger partial charge in [-0.2, -0.15) is 0 Å². The number of aryl methyl sites for hydroxylation is 1. The molecule has 0 unspecified atom stereocenters. The maximum Gasteiger partial charge on any atom is 0.266 e. The van der Waals surface area contributed by atoms with Gasteiger partial charge in [-0.1, -0.05) is 36.0 Å². The molecule has 1 N–H and O–H groups in total. The van der Waals surface area contributed by atoms with Crippen LogP contribution < -0.4 is 15.6 Å². The van der Waals surface area contributed by atoms with Gasteiger partial charge in [-0.15, -0.1) is 0 Å². The van der Waals surface area contributed by atoms with Gasteiger partial charge in [0.2, 0.25) is 5.91 Å². The van der Waals surface area contributed by atoms with Gasteiger partial charge >= 0.3 is 0 Å². The number of thioether (sulfide) groups is 1. The number of nitrogens with zero attached hydrogens (tertiary/aromatic N) is 2. The van der Waals surface area contributed by atoms with Gasteiger partial charge in [-0.05, 0) is 48.9 Å². The molecular formula is C25H21F2N3O3S. The first kappa shape index (κ1) is 23.4. The molecule has 4 rings (SSSR count). The molecule has 4 aromatic rings. The molecule has 0 fully saturated rings. The van der Waals surface area contributed by atoms with E-state index >= 15 is 0 Å². The van der Waals surface area contributed by atoms with Gasteiger partial charge in [0.05, 0.1) is 28.9 Å². The number of fused-ring (bicyclic) bond motifs is 1. The van der Waals surface area contributed by atoms with Crippen LogP contribution in [-0.4, -0.2) is 34.4 Å². The van der Waals surface area contributed by atoms with Gasteiger partial charge in [-0.25, -0.2) is 13.8 Å². The Labute approximate surface area is 198 Å². The van der Waals surface area contributed by atoms with E-state index < -0.39 is 17.2 Å². The summed E-state index contributed by atoms with van der Waals surface area (Å²) in [5.74, 6) is -1.30. The Bertz CT molecular complexity index is 1410. The Morgan fingerprint density at radius 2 is 1.91 bits per heavy atom. The van der Waals surface area contributed by atoms with Crippen molar-refractivity contribution in [1.82, 2.24) is 14.9 Å². The van der Waals surface area contributed by atoms with E-state index in [0.717, 1.165) is 28.0 Å².